The third-order valence-electron chi connectivity index (χ3n) is 3.22. The fourth-order valence-corrected chi connectivity index (χ4v) is 4.00. The molecule has 1 aromatic rings. The van der Waals surface area contributed by atoms with Crippen LogP contribution in [0.3, 0.4) is 0 Å². The molecule has 0 spiro atoms. The zero-order chi connectivity index (χ0) is 13.7. The number of rotatable bonds is 5. The molecule has 0 radical (unpaired) electrons. The molecule has 0 saturated carbocycles. The summed E-state index contributed by atoms with van der Waals surface area (Å²) in [6.45, 7) is 1.26. The van der Waals surface area contributed by atoms with E-state index in [1.165, 1.54) is 0 Å². The Kier molecular flexibility index (Phi) is 5.38. The molecule has 1 heterocycles. The lowest BCUT2D eigenvalue weighted by atomic mass is 10.1. The number of hydrogen-bond acceptors (Lipinski definition) is 3. The Morgan fingerprint density at radius 2 is 2.21 bits per heavy atom. The first-order chi connectivity index (χ1) is 9.05. The second kappa shape index (κ2) is 6.83. The summed E-state index contributed by atoms with van der Waals surface area (Å²) in [5.74, 6) is 0.168. The van der Waals surface area contributed by atoms with Crippen molar-refractivity contribution >= 4 is 26.0 Å². The largest absolute Gasteiger partial charge is 0.313 e. The fraction of sp³-hybridized carbons (Fsp3) is 0.538. The van der Waals surface area contributed by atoms with Crippen LogP contribution in [0.5, 0.6) is 0 Å². The van der Waals surface area contributed by atoms with Gasteiger partial charge in [0.25, 0.3) is 0 Å². The number of nitrogens with one attached hydrogen (secondary N) is 2. The Hall–Kier alpha value is -0.430. The average Bonchev–Trinajstić information content (AvgIpc) is 2.37. The lowest BCUT2D eigenvalue weighted by Crippen LogP contribution is -2.42. The third-order valence-corrected chi connectivity index (χ3v) is 5.14. The molecule has 1 saturated heterocycles. The van der Waals surface area contributed by atoms with E-state index in [1.54, 1.807) is 0 Å². The molecule has 106 valence electrons. The zero-order valence-corrected chi connectivity index (χ0v) is 13.1. The van der Waals surface area contributed by atoms with Crippen LogP contribution in [0.25, 0.3) is 0 Å². The van der Waals surface area contributed by atoms with Gasteiger partial charge >= 0.3 is 0 Å². The molecule has 0 aliphatic carbocycles. The van der Waals surface area contributed by atoms with Gasteiger partial charge in [-0.1, -0.05) is 34.5 Å². The molecule has 1 unspecified atom stereocenters. The van der Waals surface area contributed by atoms with E-state index < -0.39 is 10.0 Å². The van der Waals surface area contributed by atoms with Crippen molar-refractivity contribution in [2.45, 2.75) is 31.8 Å². The van der Waals surface area contributed by atoms with Crippen molar-refractivity contribution in [1.82, 2.24) is 10.0 Å². The van der Waals surface area contributed by atoms with Gasteiger partial charge in [0, 0.05) is 17.1 Å². The lowest BCUT2D eigenvalue weighted by Gasteiger charge is -2.23. The first kappa shape index (κ1) is 15.0. The third kappa shape index (κ3) is 5.22. The summed E-state index contributed by atoms with van der Waals surface area (Å²) < 4.78 is 27.6. The van der Waals surface area contributed by atoms with E-state index in [-0.39, 0.29) is 11.8 Å². The second-order valence-electron chi connectivity index (χ2n) is 4.88. The van der Waals surface area contributed by atoms with Gasteiger partial charge in [0.2, 0.25) is 10.0 Å². The zero-order valence-electron chi connectivity index (χ0n) is 10.7. The van der Waals surface area contributed by atoms with E-state index in [4.69, 9.17) is 0 Å². The van der Waals surface area contributed by atoms with Crippen molar-refractivity contribution in [2.24, 2.45) is 0 Å². The van der Waals surface area contributed by atoms with Gasteiger partial charge in [-0.3, -0.25) is 0 Å². The van der Waals surface area contributed by atoms with Crippen molar-refractivity contribution in [3.63, 3.8) is 0 Å². The molecule has 0 amide bonds. The maximum absolute atomic E-state index is 12.0. The van der Waals surface area contributed by atoms with Gasteiger partial charge in [-0.25, -0.2) is 13.1 Å². The summed E-state index contributed by atoms with van der Waals surface area (Å²) in [6, 6.07) is 7.74. The summed E-state index contributed by atoms with van der Waals surface area (Å²) in [4.78, 5) is 0. The van der Waals surface area contributed by atoms with Gasteiger partial charge in [-0.05, 0) is 37.1 Å². The van der Waals surface area contributed by atoms with Crippen LogP contribution in [0.1, 0.15) is 24.8 Å². The Morgan fingerprint density at radius 1 is 1.37 bits per heavy atom. The maximum Gasteiger partial charge on any atom is 0.213 e. The van der Waals surface area contributed by atoms with Crippen LogP contribution < -0.4 is 10.0 Å². The number of piperidine rings is 1. The molecule has 19 heavy (non-hydrogen) atoms. The number of hydrogen-bond donors (Lipinski definition) is 2. The Labute approximate surface area is 123 Å². The highest BCUT2D eigenvalue weighted by Gasteiger charge is 2.20. The second-order valence-corrected chi connectivity index (χ2v) is 7.65. The highest BCUT2D eigenvalue weighted by Crippen LogP contribution is 2.12. The van der Waals surface area contributed by atoms with Gasteiger partial charge in [0.1, 0.15) is 0 Å². The molecule has 0 bridgehead atoms. The number of halogens is 1. The van der Waals surface area contributed by atoms with Crippen LogP contribution >= 0.6 is 15.9 Å². The molecular formula is C13H19BrN2O2S. The van der Waals surface area contributed by atoms with Crippen LogP contribution in [0.15, 0.2) is 28.7 Å². The highest BCUT2D eigenvalue weighted by molar-refractivity contribution is 9.10. The minimum atomic E-state index is -3.22. The molecule has 1 atom stereocenters. The van der Waals surface area contributed by atoms with Crippen LogP contribution in [0.4, 0.5) is 0 Å². The number of sulfonamides is 1. The first-order valence-corrected chi connectivity index (χ1v) is 8.95. The first-order valence-electron chi connectivity index (χ1n) is 6.50. The van der Waals surface area contributed by atoms with Crippen LogP contribution in [0, 0.1) is 0 Å². The smallest absolute Gasteiger partial charge is 0.213 e. The highest BCUT2D eigenvalue weighted by atomic mass is 79.9. The van der Waals surface area contributed by atoms with E-state index in [9.17, 15) is 8.42 Å². The number of benzene rings is 1. The molecule has 1 aliphatic heterocycles. The standard InChI is InChI=1S/C13H19BrN2O2S/c14-12-5-3-4-11(8-12)9-16-19(17,18)10-13-6-1-2-7-15-13/h3-5,8,13,15-16H,1-2,6-7,9-10H2. The van der Waals surface area contributed by atoms with E-state index >= 15 is 0 Å². The summed E-state index contributed by atoms with van der Waals surface area (Å²) >= 11 is 3.37. The van der Waals surface area contributed by atoms with Gasteiger partial charge in [-0.2, -0.15) is 0 Å². The Bertz CT molecular complexity index is 513. The van der Waals surface area contributed by atoms with E-state index in [0.717, 1.165) is 35.8 Å². The van der Waals surface area contributed by atoms with Crippen LogP contribution in [0.2, 0.25) is 0 Å². The maximum atomic E-state index is 12.0. The average molecular weight is 347 g/mol. The van der Waals surface area contributed by atoms with Crippen molar-refractivity contribution in [3.05, 3.63) is 34.3 Å². The SMILES string of the molecule is O=S(=O)(CC1CCCCN1)NCc1cccc(Br)c1. The Morgan fingerprint density at radius 3 is 2.89 bits per heavy atom. The van der Waals surface area contributed by atoms with Gasteiger partial charge in [-0.15, -0.1) is 0 Å². The summed E-state index contributed by atoms with van der Waals surface area (Å²) in [5.41, 5.74) is 0.953. The summed E-state index contributed by atoms with van der Waals surface area (Å²) in [7, 11) is -3.22. The van der Waals surface area contributed by atoms with Gasteiger partial charge in [0.15, 0.2) is 0 Å². The Balaban J connectivity index is 1.86. The fourth-order valence-electron chi connectivity index (χ4n) is 2.23. The van der Waals surface area contributed by atoms with Crippen LogP contribution in [-0.4, -0.2) is 26.8 Å². The van der Waals surface area contributed by atoms with E-state index in [0.29, 0.717) is 6.54 Å². The summed E-state index contributed by atoms with van der Waals surface area (Å²) in [5, 5.41) is 3.26. The minimum absolute atomic E-state index is 0.0914. The van der Waals surface area contributed by atoms with Crippen molar-refractivity contribution in [1.29, 1.82) is 0 Å². The molecule has 1 fully saturated rings. The molecular weight excluding hydrogens is 328 g/mol. The van der Waals surface area contributed by atoms with Crippen molar-refractivity contribution in [2.75, 3.05) is 12.3 Å². The van der Waals surface area contributed by atoms with Crippen LogP contribution in [-0.2, 0) is 16.6 Å². The molecule has 0 aromatic heterocycles. The van der Waals surface area contributed by atoms with E-state index in [1.807, 2.05) is 24.3 Å². The minimum Gasteiger partial charge on any atom is -0.313 e. The van der Waals surface area contributed by atoms with Gasteiger partial charge in [0.05, 0.1) is 5.75 Å². The predicted octanol–water partition coefficient (Wildman–Crippen LogP) is 2.01. The molecule has 4 nitrogen and oxygen atoms in total. The molecule has 6 heteroatoms. The van der Waals surface area contributed by atoms with Crippen molar-refractivity contribution in [3.8, 4) is 0 Å². The van der Waals surface area contributed by atoms with Gasteiger partial charge < -0.3 is 5.32 Å². The summed E-state index contributed by atoms with van der Waals surface area (Å²) in [6.07, 6.45) is 3.19. The molecule has 2 N–H and O–H groups in total. The molecule has 2 rings (SSSR count). The normalized spacial score (nSPS) is 20.4. The van der Waals surface area contributed by atoms with E-state index in [2.05, 4.69) is 26.0 Å². The molecule has 1 aromatic carbocycles. The monoisotopic (exact) mass is 346 g/mol. The topological polar surface area (TPSA) is 58.2 Å². The quantitative estimate of drug-likeness (QED) is 0.857. The van der Waals surface area contributed by atoms with Crippen molar-refractivity contribution < 1.29 is 8.42 Å². The lowest BCUT2D eigenvalue weighted by molar-refractivity contribution is 0.422. The predicted molar refractivity (Wildman–Crippen MR) is 80.4 cm³/mol. The molecule has 1 aliphatic rings.